The summed E-state index contributed by atoms with van der Waals surface area (Å²) in [5, 5.41) is 0. The first kappa shape index (κ1) is 30.9. The fraction of sp³-hybridized carbons (Fsp3) is 1.00. The molecule has 0 saturated carbocycles. The predicted molar refractivity (Wildman–Crippen MR) is 119 cm³/mol. The third-order valence-corrected chi connectivity index (χ3v) is 6.51. The quantitative estimate of drug-likeness (QED) is 0.207. The van der Waals surface area contributed by atoms with Crippen LogP contribution >= 0.6 is 0 Å². The van der Waals surface area contributed by atoms with E-state index in [1.807, 2.05) is 6.92 Å². The van der Waals surface area contributed by atoms with Crippen molar-refractivity contribution in [1.29, 1.82) is 0 Å². The Hall–Kier alpha value is -0.326. The highest BCUT2D eigenvalue weighted by Crippen LogP contribution is 2.16. The van der Waals surface area contributed by atoms with E-state index < -0.39 is 18.2 Å². The summed E-state index contributed by atoms with van der Waals surface area (Å²) in [4.78, 5) is 8.10. The number of hydrogen-bond donors (Lipinski definition) is 1. The van der Waals surface area contributed by atoms with Gasteiger partial charge >= 0.3 is 18.2 Å². The van der Waals surface area contributed by atoms with Crippen LogP contribution in [0.5, 0.6) is 0 Å². The van der Waals surface area contributed by atoms with Crippen molar-refractivity contribution in [3.63, 3.8) is 0 Å². The molecule has 0 fully saturated rings. The lowest BCUT2D eigenvalue weighted by atomic mass is 10.4. The van der Waals surface area contributed by atoms with E-state index in [-0.39, 0.29) is 0 Å². The largest absolute Gasteiger partial charge is 0.764 e. The third kappa shape index (κ3) is 22.2. The molecular weight excluding hydrogens is 408 g/mol. The maximum absolute atomic E-state index is 9.84. The van der Waals surface area contributed by atoms with Crippen molar-refractivity contribution in [3.05, 3.63) is 0 Å². The highest BCUT2D eigenvalue weighted by atomic mass is 28.4. The Morgan fingerprint density at radius 2 is 0.862 bits per heavy atom. The molecule has 1 N–H and O–H groups in total. The van der Waals surface area contributed by atoms with Crippen LogP contribution in [0, 0.1) is 0 Å². The highest BCUT2D eigenvalue weighted by Gasteiger charge is 2.45. The molecular formula is C20H46O7Si2. The zero-order valence-corrected chi connectivity index (χ0v) is 21.5. The van der Waals surface area contributed by atoms with Crippen LogP contribution in [0.15, 0.2) is 0 Å². The molecule has 7 nitrogen and oxygen atoms in total. The summed E-state index contributed by atoms with van der Waals surface area (Å²) in [5.41, 5.74) is 0. The zero-order valence-electron chi connectivity index (χ0n) is 19.5. The standard InChI is InChI=1S/C16H36O4Si.C4H10O3Si/c1-5-9-13-17-21(18-14-10-6-2,19-15-11-7-3)20-16-12-8-4;1-2-3-4-7-8(5)6/h5-16H2,1-4H3;5H,2-4H2,1H3. The summed E-state index contributed by atoms with van der Waals surface area (Å²) in [5.74, 6) is 0. The van der Waals surface area contributed by atoms with E-state index in [1.165, 1.54) is 0 Å². The number of unbranched alkanes of at least 4 members (excludes halogenated alkanes) is 5. The van der Waals surface area contributed by atoms with Crippen LogP contribution in [-0.2, 0) is 26.6 Å². The van der Waals surface area contributed by atoms with Gasteiger partial charge < -0.3 is 26.9 Å². The highest BCUT2D eigenvalue weighted by molar-refractivity contribution is 6.53. The zero-order chi connectivity index (χ0) is 22.2. The molecule has 176 valence electrons. The molecule has 0 unspecified atom stereocenters. The molecule has 0 rings (SSSR count). The van der Waals surface area contributed by atoms with E-state index in [4.69, 9.17) is 22.5 Å². The fourth-order valence-corrected chi connectivity index (χ4v) is 4.32. The normalized spacial score (nSPS) is 11.1. The molecule has 0 aromatic carbocycles. The average Bonchev–Trinajstić information content (AvgIpc) is 2.69. The van der Waals surface area contributed by atoms with Gasteiger partial charge in [0.05, 0.1) is 6.61 Å². The molecule has 0 aromatic rings. The number of hydrogen-bond acceptors (Lipinski definition) is 6. The lowest BCUT2D eigenvalue weighted by Gasteiger charge is -2.28. The van der Waals surface area contributed by atoms with Gasteiger partial charge in [0, 0.05) is 26.4 Å². The van der Waals surface area contributed by atoms with E-state index in [0.29, 0.717) is 33.0 Å². The SMILES string of the molecule is CCCCO[Si](=O)O.CCCCO[Si](OCCCC)(OCCCC)OCCCC. The lowest BCUT2D eigenvalue weighted by Crippen LogP contribution is -2.50. The van der Waals surface area contributed by atoms with E-state index in [2.05, 4.69) is 32.1 Å². The first-order valence-electron chi connectivity index (χ1n) is 11.4. The predicted octanol–water partition coefficient (Wildman–Crippen LogP) is 4.90. The molecule has 0 radical (unpaired) electrons. The Labute approximate surface area is 181 Å². The van der Waals surface area contributed by atoms with Gasteiger partial charge in [0.2, 0.25) is 0 Å². The topological polar surface area (TPSA) is 83.5 Å². The van der Waals surface area contributed by atoms with Gasteiger partial charge in [0.25, 0.3) is 0 Å². The van der Waals surface area contributed by atoms with Crippen LogP contribution in [0.3, 0.4) is 0 Å². The molecule has 0 atom stereocenters. The molecule has 0 aliphatic carbocycles. The van der Waals surface area contributed by atoms with Crippen LogP contribution in [-0.4, -0.2) is 56.0 Å². The van der Waals surface area contributed by atoms with E-state index >= 15 is 0 Å². The maximum Gasteiger partial charge on any atom is 0.764 e. The lowest BCUT2D eigenvalue weighted by molar-refractivity contribution is -0.0368. The van der Waals surface area contributed by atoms with E-state index in [0.717, 1.165) is 64.2 Å². The fourth-order valence-electron chi connectivity index (χ4n) is 1.92. The Kier molecular flexibility index (Phi) is 25.5. The summed E-state index contributed by atoms with van der Waals surface area (Å²) >= 11 is 0. The molecule has 9 heteroatoms. The summed E-state index contributed by atoms with van der Waals surface area (Å²) in [6.45, 7) is 13.7. The third-order valence-electron chi connectivity index (χ3n) is 3.83. The second-order valence-corrected chi connectivity index (χ2v) is 9.75. The Morgan fingerprint density at radius 1 is 0.586 bits per heavy atom. The Balaban J connectivity index is 0. The van der Waals surface area contributed by atoms with E-state index in [9.17, 15) is 4.46 Å². The molecule has 0 aliphatic rings. The summed E-state index contributed by atoms with van der Waals surface area (Å²) < 4.78 is 38.1. The molecule has 0 aromatic heterocycles. The second kappa shape index (κ2) is 23.9. The average molecular weight is 455 g/mol. The van der Waals surface area contributed by atoms with Crippen molar-refractivity contribution in [2.24, 2.45) is 0 Å². The molecule has 0 spiro atoms. The molecule has 0 aliphatic heterocycles. The van der Waals surface area contributed by atoms with Gasteiger partial charge in [0.15, 0.2) is 0 Å². The molecule has 0 heterocycles. The van der Waals surface area contributed by atoms with Crippen LogP contribution < -0.4 is 0 Å². The maximum atomic E-state index is 9.84. The van der Waals surface area contributed by atoms with Gasteiger partial charge in [0.1, 0.15) is 0 Å². The van der Waals surface area contributed by atoms with Crippen LogP contribution in [0.25, 0.3) is 0 Å². The smallest absolute Gasteiger partial charge is 0.511 e. The van der Waals surface area contributed by atoms with Gasteiger partial charge in [-0.1, -0.05) is 66.7 Å². The van der Waals surface area contributed by atoms with Crippen LogP contribution in [0.4, 0.5) is 0 Å². The van der Waals surface area contributed by atoms with Gasteiger partial charge in [-0.2, -0.15) is 0 Å². The Morgan fingerprint density at radius 3 is 1.10 bits per heavy atom. The van der Waals surface area contributed by atoms with Gasteiger partial charge in [-0.05, 0) is 32.1 Å². The second-order valence-electron chi connectivity index (χ2n) is 6.78. The Bertz CT molecular complexity index is 301. The molecule has 0 bridgehead atoms. The first-order valence-corrected chi connectivity index (χ1v) is 14.3. The molecule has 0 saturated heterocycles. The summed E-state index contributed by atoms with van der Waals surface area (Å²) in [6.07, 6.45) is 10.3. The minimum Gasteiger partial charge on any atom is -0.511 e. The van der Waals surface area contributed by atoms with E-state index in [1.54, 1.807) is 0 Å². The monoisotopic (exact) mass is 454 g/mol. The summed E-state index contributed by atoms with van der Waals surface area (Å²) in [6, 6.07) is 0. The summed E-state index contributed by atoms with van der Waals surface area (Å²) in [7, 11) is -5.60. The van der Waals surface area contributed by atoms with Crippen molar-refractivity contribution in [3.8, 4) is 0 Å². The van der Waals surface area contributed by atoms with Crippen molar-refractivity contribution < 1.29 is 31.4 Å². The van der Waals surface area contributed by atoms with Crippen molar-refractivity contribution in [2.75, 3.05) is 33.0 Å². The minimum atomic E-state index is -2.94. The molecule has 0 amide bonds. The van der Waals surface area contributed by atoms with Crippen molar-refractivity contribution >= 4 is 18.2 Å². The van der Waals surface area contributed by atoms with Crippen molar-refractivity contribution in [1.82, 2.24) is 0 Å². The molecule has 29 heavy (non-hydrogen) atoms. The van der Waals surface area contributed by atoms with Crippen LogP contribution in [0.2, 0.25) is 0 Å². The van der Waals surface area contributed by atoms with Gasteiger partial charge in [-0.25, -0.2) is 0 Å². The number of rotatable bonds is 20. The minimum absolute atomic E-state index is 0.408. The van der Waals surface area contributed by atoms with Crippen molar-refractivity contribution in [2.45, 2.75) is 98.8 Å². The van der Waals surface area contributed by atoms with Gasteiger partial charge in [-0.15, -0.1) is 0 Å². The van der Waals surface area contributed by atoms with Gasteiger partial charge in [-0.3, -0.25) is 4.46 Å². The van der Waals surface area contributed by atoms with Crippen LogP contribution in [0.1, 0.15) is 98.8 Å². The first-order chi connectivity index (χ1) is 14.0.